The molecule has 4 rings (SSSR count). The average Bonchev–Trinajstić information content (AvgIpc) is 3.16. The zero-order chi connectivity index (χ0) is 17.9. The van der Waals surface area contributed by atoms with E-state index in [0.717, 1.165) is 22.6 Å². The van der Waals surface area contributed by atoms with E-state index in [1.165, 1.54) is 0 Å². The van der Waals surface area contributed by atoms with Crippen LogP contribution in [0.3, 0.4) is 0 Å². The lowest BCUT2D eigenvalue weighted by atomic mass is 10.1. The molecule has 0 amide bonds. The van der Waals surface area contributed by atoms with E-state index in [1.54, 1.807) is 19.4 Å². The maximum atomic E-state index is 8.65. The summed E-state index contributed by atoms with van der Waals surface area (Å²) >= 11 is 0. The number of hydrogen-bond donors (Lipinski definition) is 2. The second-order valence-corrected chi connectivity index (χ2v) is 5.94. The van der Waals surface area contributed by atoms with Crippen LogP contribution < -0.4 is 15.0 Å². The summed E-state index contributed by atoms with van der Waals surface area (Å²) in [6.07, 6.45) is 5.42. The number of methoxy groups -OCH3 is 1. The summed E-state index contributed by atoms with van der Waals surface area (Å²) in [5, 5.41) is 12.0. The molecule has 0 bridgehead atoms. The first-order valence-corrected chi connectivity index (χ1v) is 8.36. The van der Waals surface area contributed by atoms with Gasteiger partial charge in [0.15, 0.2) is 0 Å². The van der Waals surface area contributed by atoms with Crippen LogP contribution >= 0.6 is 0 Å². The minimum absolute atomic E-state index is 0.241. The Kier molecular flexibility index (Phi) is 4.19. The van der Waals surface area contributed by atoms with Crippen molar-refractivity contribution in [1.82, 2.24) is 0 Å². The number of fused-ring (bicyclic) bond motifs is 1. The van der Waals surface area contributed by atoms with E-state index in [2.05, 4.69) is 5.32 Å². The third-order valence-corrected chi connectivity index (χ3v) is 4.34. The van der Waals surface area contributed by atoms with Gasteiger partial charge in [0, 0.05) is 5.69 Å². The Balaban J connectivity index is 1.71. The molecule has 5 heteroatoms. The van der Waals surface area contributed by atoms with Gasteiger partial charge in [-0.25, -0.2) is 0 Å². The van der Waals surface area contributed by atoms with Crippen LogP contribution in [0.25, 0.3) is 6.08 Å². The van der Waals surface area contributed by atoms with Gasteiger partial charge in [-0.1, -0.05) is 36.4 Å². The molecule has 2 N–H and O–H groups in total. The Morgan fingerprint density at radius 1 is 1.08 bits per heavy atom. The lowest BCUT2D eigenvalue weighted by molar-refractivity contribution is 0.415. The molecule has 0 radical (unpaired) electrons. The Hall–Kier alpha value is -3.47. The topological polar surface area (TPSA) is 61.5 Å². The smallest absolute Gasteiger partial charge is 0.205 e. The molecule has 1 unspecified atom stereocenters. The summed E-state index contributed by atoms with van der Waals surface area (Å²) in [4.78, 5) is 1.93. The van der Waals surface area contributed by atoms with Gasteiger partial charge >= 0.3 is 0 Å². The van der Waals surface area contributed by atoms with Crippen molar-refractivity contribution in [1.29, 1.82) is 5.41 Å². The van der Waals surface area contributed by atoms with Crippen LogP contribution in [-0.4, -0.2) is 19.1 Å². The highest BCUT2D eigenvalue weighted by Crippen LogP contribution is 2.31. The number of amidine groups is 1. The molecule has 1 aliphatic heterocycles. The molecule has 1 aromatic heterocycles. The summed E-state index contributed by atoms with van der Waals surface area (Å²) in [6.45, 7) is 0. The highest BCUT2D eigenvalue weighted by Gasteiger charge is 2.31. The molecule has 0 spiro atoms. The van der Waals surface area contributed by atoms with Gasteiger partial charge in [0.05, 0.1) is 18.9 Å². The molecule has 0 saturated carbocycles. The number of furan rings is 1. The van der Waals surface area contributed by atoms with Crippen molar-refractivity contribution in [3.05, 3.63) is 84.1 Å². The molecule has 0 fully saturated rings. The lowest BCUT2D eigenvalue weighted by Crippen LogP contribution is -2.47. The van der Waals surface area contributed by atoms with Gasteiger partial charge in [-0.3, -0.25) is 5.41 Å². The van der Waals surface area contributed by atoms with Crippen LogP contribution in [0, 0.1) is 5.41 Å². The van der Waals surface area contributed by atoms with Crippen molar-refractivity contribution in [2.75, 3.05) is 17.3 Å². The summed E-state index contributed by atoms with van der Waals surface area (Å²) in [5.41, 5.74) is 2.74. The van der Waals surface area contributed by atoms with E-state index in [-0.39, 0.29) is 6.17 Å². The fraction of sp³-hybridized carbons (Fsp3) is 0.0952. The number of anilines is 2. The van der Waals surface area contributed by atoms with Crippen molar-refractivity contribution < 1.29 is 9.15 Å². The molecular weight excluding hydrogens is 326 g/mol. The van der Waals surface area contributed by atoms with Gasteiger partial charge < -0.3 is 19.4 Å². The summed E-state index contributed by atoms with van der Waals surface area (Å²) < 4.78 is 10.7. The van der Waals surface area contributed by atoms with Gasteiger partial charge in [-0.05, 0) is 42.0 Å². The van der Waals surface area contributed by atoms with Gasteiger partial charge in [0.2, 0.25) is 5.88 Å². The molecule has 26 heavy (non-hydrogen) atoms. The number of benzene rings is 2. The largest absolute Gasteiger partial charge is 0.497 e. The van der Waals surface area contributed by atoms with Gasteiger partial charge in [-0.15, -0.1) is 0 Å². The molecule has 5 nitrogen and oxygen atoms in total. The Morgan fingerprint density at radius 2 is 1.85 bits per heavy atom. The molecule has 130 valence electrons. The van der Waals surface area contributed by atoms with Crippen molar-refractivity contribution in [2.45, 2.75) is 6.17 Å². The molecule has 3 aromatic rings. The maximum absolute atomic E-state index is 8.65. The fourth-order valence-corrected chi connectivity index (χ4v) is 3.01. The predicted octanol–water partition coefficient (Wildman–Crippen LogP) is 4.59. The van der Waals surface area contributed by atoms with E-state index in [4.69, 9.17) is 14.6 Å². The van der Waals surface area contributed by atoms with Crippen LogP contribution in [0.15, 0.2) is 77.4 Å². The van der Waals surface area contributed by atoms with Gasteiger partial charge in [0.25, 0.3) is 0 Å². The van der Waals surface area contributed by atoms with Crippen molar-refractivity contribution in [3.8, 4) is 5.75 Å². The maximum Gasteiger partial charge on any atom is 0.205 e. The summed E-state index contributed by atoms with van der Waals surface area (Å²) in [6, 6.07) is 19.6. The Morgan fingerprint density at radius 3 is 2.58 bits per heavy atom. The molecular formula is C21H19N3O2. The molecule has 2 aromatic carbocycles. The Bertz CT molecular complexity index is 929. The van der Waals surface area contributed by atoms with Crippen LogP contribution in [0.2, 0.25) is 0 Å². The molecule has 2 heterocycles. The van der Waals surface area contributed by atoms with Crippen LogP contribution in [0.4, 0.5) is 11.6 Å². The Labute approximate surface area is 152 Å². The predicted molar refractivity (Wildman–Crippen MR) is 104 cm³/mol. The van der Waals surface area contributed by atoms with E-state index in [0.29, 0.717) is 11.7 Å². The minimum Gasteiger partial charge on any atom is -0.497 e. The normalized spacial score (nSPS) is 16.4. The van der Waals surface area contributed by atoms with E-state index < -0.39 is 0 Å². The first-order chi connectivity index (χ1) is 12.8. The quantitative estimate of drug-likeness (QED) is 0.726. The second-order valence-electron chi connectivity index (χ2n) is 5.94. The lowest BCUT2D eigenvalue weighted by Gasteiger charge is -2.36. The van der Waals surface area contributed by atoms with E-state index >= 15 is 0 Å². The van der Waals surface area contributed by atoms with Gasteiger partial charge in [0.1, 0.15) is 17.8 Å². The zero-order valence-electron chi connectivity index (χ0n) is 14.3. The van der Waals surface area contributed by atoms with Crippen LogP contribution in [-0.2, 0) is 0 Å². The SMILES string of the molecule is COc1ccc(N2C(=N)c3ccoc3NC2/C=C/c2ccccc2)cc1. The number of rotatable bonds is 4. The first-order valence-electron chi connectivity index (χ1n) is 8.36. The number of ether oxygens (including phenoxy) is 1. The number of hydrogen-bond acceptors (Lipinski definition) is 4. The average molecular weight is 345 g/mol. The van der Waals surface area contributed by atoms with Crippen molar-refractivity contribution >= 4 is 23.5 Å². The molecule has 0 saturated heterocycles. The first kappa shape index (κ1) is 16.0. The highest BCUT2D eigenvalue weighted by molar-refractivity contribution is 6.13. The third-order valence-electron chi connectivity index (χ3n) is 4.34. The number of nitrogens with zero attached hydrogens (tertiary/aromatic N) is 1. The second kappa shape index (κ2) is 6.80. The van der Waals surface area contributed by atoms with Gasteiger partial charge in [-0.2, -0.15) is 0 Å². The molecule has 0 aliphatic carbocycles. The monoisotopic (exact) mass is 345 g/mol. The van der Waals surface area contributed by atoms with Crippen LogP contribution in [0.5, 0.6) is 5.75 Å². The summed E-state index contributed by atoms with van der Waals surface area (Å²) in [7, 11) is 1.64. The standard InChI is InChI=1S/C21H19N3O2/c1-25-17-10-8-16(9-11-17)24-19(12-7-15-5-3-2-4-6-15)23-21-18(20(24)22)13-14-26-21/h2-14,19,22-23H,1H3/b12-7+,22-20?. The van der Waals surface area contributed by atoms with Crippen molar-refractivity contribution in [3.63, 3.8) is 0 Å². The van der Waals surface area contributed by atoms with Crippen molar-refractivity contribution in [2.24, 2.45) is 0 Å². The highest BCUT2D eigenvalue weighted by atomic mass is 16.5. The van der Waals surface area contributed by atoms with Crippen LogP contribution in [0.1, 0.15) is 11.1 Å². The third kappa shape index (κ3) is 2.95. The molecule has 1 atom stereocenters. The van der Waals surface area contributed by atoms with E-state index in [1.807, 2.05) is 71.6 Å². The fourth-order valence-electron chi connectivity index (χ4n) is 3.01. The summed E-state index contributed by atoms with van der Waals surface area (Å²) in [5.74, 6) is 1.79. The zero-order valence-corrected chi connectivity index (χ0v) is 14.3. The van der Waals surface area contributed by atoms with E-state index in [9.17, 15) is 0 Å². The molecule has 1 aliphatic rings. The minimum atomic E-state index is -0.241. The number of nitrogens with one attached hydrogen (secondary N) is 2.